The van der Waals surface area contributed by atoms with E-state index in [9.17, 15) is 60.0 Å². The van der Waals surface area contributed by atoms with Gasteiger partial charge in [-0.3, -0.25) is 19.2 Å². The van der Waals surface area contributed by atoms with Crippen molar-refractivity contribution in [2.75, 3.05) is 49.6 Å². The molecule has 6 aliphatic heterocycles. The molecule has 6 fully saturated rings. The second-order valence-corrected chi connectivity index (χ2v) is 32.6. The van der Waals surface area contributed by atoms with E-state index in [0.717, 1.165) is 0 Å². The normalized spacial score (nSPS) is 49.3. The van der Waals surface area contributed by atoms with Crippen molar-refractivity contribution in [3.63, 3.8) is 0 Å². The number of carbonyl (C=O) groups excluding carboxylic acids is 4. The predicted molar refractivity (Wildman–Crippen MR) is 377 cm³/mol. The van der Waals surface area contributed by atoms with Gasteiger partial charge in [-0.05, 0) is 143 Å². The van der Waals surface area contributed by atoms with Gasteiger partial charge in [-0.15, -0.1) is 0 Å². The summed E-state index contributed by atoms with van der Waals surface area (Å²) >= 11 is 0. The van der Waals surface area contributed by atoms with Crippen LogP contribution in [0.1, 0.15) is 190 Å². The van der Waals surface area contributed by atoms with Crippen molar-refractivity contribution in [1.82, 2.24) is 10.2 Å². The van der Waals surface area contributed by atoms with E-state index >= 15 is 0 Å². The molecule has 6 heterocycles. The number of ketones is 2. The lowest BCUT2D eigenvalue weighted by atomic mass is 9.73. The summed E-state index contributed by atoms with van der Waals surface area (Å²) in [5.74, 6) is -8.94. The molecule has 0 aromatic carbocycles. The van der Waals surface area contributed by atoms with Gasteiger partial charge in [0.05, 0.1) is 95.3 Å². The maximum absolute atomic E-state index is 14.2. The van der Waals surface area contributed by atoms with Gasteiger partial charge < -0.3 is 117 Å². The van der Waals surface area contributed by atoms with Gasteiger partial charge in [0.2, 0.25) is 0 Å². The van der Waals surface area contributed by atoms with Gasteiger partial charge in [0.15, 0.2) is 25.2 Å². The summed E-state index contributed by atoms with van der Waals surface area (Å²) in [7, 11) is 11.5. The quantitative estimate of drug-likeness (QED) is 0.0958. The molecule has 602 valence electrons. The molecule has 0 radical (unpaired) electrons. The highest BCUT2D eigenvalue weighted by molar-refractivity contribution is 5.84. The third kappa shape index (κ3) is 20.3. The van der Waals surface area contributed by atoms with Gasteiger partial charge in [-0.2, -0.15) is 0 Å². The molecule has 103 heavy (non-hydrogen) atoms. The highest BCUT2D eigenvalue weighted by atomic mass is 16.7. The Morgan fingerprint density at radius 3 is 1.13 bits per heavy atom. The van der Waals surface area contributed by atoms with Gasteiger partial charge in [0.25, 0.3) is 0 Å². The molecule has 6 rings (SSSR count). The van der Waals surface area contributed by atoms with Gasteiger partial charge in [0, 0.05) is 88.9 Å². The molecule has 0 amide bonds. The van der Waals surface area contributed by atoms with Gasteiger partial charge in [-0.1, -0.05) is 55.4 Å². The van der Waals surface area contributed by atoms with Crippen molar-refractivity contribution in [2.24, 2.45) is 47.3 Å². The van der Waals surface area contributed by atoms with Crippen LogP contribution in [0.2, 0.25) is 0 Å². The molecule has 28 heteroatoms. The first kappa shape index (κ1) is 91.0. The molecule has 9 N–H and O–H groups in total. The fourth-order valence-corrected chi connectivity index (χ4v) is 17.0. The molecule has 0 aromatic rings. The van der Waals surface area contributed by atoms with E-state index in [1.165, 1.54) is 42.3 Å². The zero-order chi connectivity index (χ0) is 78.5. The summed E-state index contributed by atoms with van der Waals surface area (Å²) in [6.07, 6.45) is -17.5. The summed E-state index contributed by atoms with van der Waals surface area (Å²) in [4.78, 5) is 58.1. The first-order valence-electron chi connectivity index (χ1n) is 37.4. The van der Waals surface area contributed by atoms with Crippen LogP contribution in [0.25, 0.3) is 0 Å². The lowest BCUT2D eigenvalue weighted by molar-refractivity contribution is -0.319. The second kappa shape index (κ2) is 36.9. The third-order valence-corrected chi connectivity index (χ3v) is 24.3. The molecule has 0 bridgehead atoms. The summed E-state index contributed by atoms with van der Waals surface area (Å²) in [5, 5.41) is 94.0. The van der Waals surface area contributed by atoms with Gasteiger partial charge in [0.1, 0.15) is 59.4 Å². The minimum atomic E-state index is -1.96. The molecule has 6 saturated heterocycles. The Labute approximate surface area is 613 Å². The first-order chi connectivity index (χ1) is 47.6. The molecule has 0 saturated carbocycles. The number of hydrogen-bond donors (Lipinski definition) is 9. The van der Waals surface area contributed by atoms with E-state index in [-0.39, 0.29) is 74.4 Å². The Hall–Kier alpha value is -2.60. The van der Waals surface area contributed by atoms with Crippen LogP contribution in [-0.4, -0.2) is 287 Å². The molecule has 0 aromatic heterocycles. The Morgan fingerprint density at radius 1 is 0.466 bits per heavy atom. The van der Waals surface area contributed by atoms with E-state index in [2.05, 4.69) is 5.32 Å². The number of nitrogens with one attached hydrogen (secondary N) is 1. The maximum Gasteiger partial charge on any atom is 0.311 e. The first-order valence-corrected chi connectivity index (χ1v) is 37.4. The minimum absolute atomic E-state index is 0.109. The Kier molecular flexibility index (Phi) is 32.6. The predicted octanol–water partition coefficient (Wildman–Crippen LogP) is 4.54. The third-order valence-electron chi connectivity index (χ3n) is 24.3. The van der Waals surface area contributed by atoms with E-state index in [1.54, 1.807) is 104 Å². The highest BCUT2D eigenvalue weighted by Gasteiger charge is 2.58. The monoisotopic (exact) mass is 1480 g/mol. The molecule has 28 nitrogen and oxygen atoms in total. The number of Topliss-reactive ketones (excluding diaryl/α,β-unsaturated/α-hetero) is 2. The van der Waals surface area contributed by atoms with Crippen molar-refractivity contribution in [3.8, 4) is 0 Å². The lowest BCUT2D eigenvalue weighted by Gasteiger charge is -2.50. The van der Waals surface area contributed by atoms with E-state index in [0.29, 0.717) is 12.8 Å². The number of hydrogen-bond acceptors (Lipinski definition) is 28. The number of aliphatic hydroxyl groups excluding tert-OH is 6. The number of ether oxygens (including phenoxy) is 14. The molecule has 0 spiro atoms. The van der Waals surface area contributed by atoms with Crippen molar-refractivity contribution in [2.45, 2.75) is 358 Å². The molecular weight excluding hydrogens is 1340 g/mol. The smallest absolute Gasteiger partial charge is 0.311 e. The lowest BCUT2D eigenvalue weighted by Crippen LogP contribution is -2.61. The zero-order valence-electron chi connectivity index (χ0n) is 66.9. The number of aliphatic hydroxyl groups is 8. The second-order valence-electron chi connectivity index (χ2n) is 32.6. The molecule has 0 unspecified atom stereocenters. The fraction of sp³-hybridized carbons (Fsp3) is 0.947. The topological polar surface area (TPSA) is 375 Å². The molecule has 0 aliphatic carbocycles. The SMILES string of the molecule is CC[C@H]1OC(=O)[C@H](C)[C@@H](O[C@H]2C[C@@](C)(OC)[C@@H](O)[C@H](C)O2)[C@H](C)[C@@H](O[C@@H]2O[C@H](C)C[C@H](N(C)C)[C@H]2O)[C@](C)(OC)C[C@@H](C)C(=O)[C@H](C)[C@@H](O)[C@]1(C)O.CC[C@H]1OC(=O)[C@H](C)[C@@H](O[C@H]2C[C@@](C)(OC)[C@@H](O)[C@H](C)O2)[C@H](C)[C@@H](O[C@@H]2O[C@H](C)C[C@H](NC)[C@H]2O)[C@](C)(OC)C[C@@H](C)C(=O)[C@H](C)[C@@H](O)[C@]1(C)O. The number of nitrogens with zero attached hydrogens (tertiary/aromatic N) is 1. The van der Waals surface area contributed by atoms with Crippen LogP contribution in [-0.2, 0) is 85.5 Å². The summed E-state index contributed by atoms with van der Waals surface area (Å²) in [6.45, 7) is 34.0. The Balaban J connectivity index is 0.000000371. The van der Waals surface area contributed by atoms with Crippen molar-refractivity contribution in [3.05, 3.63) is 0 Å². The van der Waals surface area contributed by atoms with Crippen LogP contribution >= 0.6 is 0 Å². The summed E-state index contributed by atoms with van der Waals surface area (Å²) < 4.78 is 87.5. The number of methoxy groups -OCH3 is 4. The molecule has 36 atom stereocenters. The van der Waals surface area contributed by atoms with Crippen LogP contribution in [0.15, 0.2) is 0 Å². The zero-order valence-corrected chi connectivity index (χ0v) is 66.9. The minimum Gasteiger partial charge on any atom is -0.459 e. The number of likely N-dealkylation sites (N-methyl/N-ethyl adjacent to an activating group) is 2. The average Bonchev–Trinajstić information content (AvgIpc) is 0.765. The summed E-state index contributed by atoms with van der Waals surface area (Å²) in [6, 6.07) is -0.617. The Morgan fingerprint density at radius 2 is 0.806 bits per heavy atom. The fourth-order valence-electron chi connectivity index (χ4n) is 17.0. The van der Waals surface area contributed by atoms with Crippen molar-refractivity contribution < 1.29 is 126 Å². The van der Waals surface area contributed by atoms with E-state index in [4.69, 9.17) is 66.3 Å². The largest absolute Gasteiger partial charge is 0.459 e. The number of esters is 2. The van der Waals surface area contributed by atoms with E-state index in [1.807, 2.05) is 46.7 Å². The van der Waals surface area contributed by atoms with Crippen LogP contribution in [0.3, 0.4) is 0 Å². The van der Waals surface area contributed by atoms with Crippen LogP contribution in [0.4, 0.5) is 0 Å². The Bertz CT molecular complexity index is 2700. The van der Waals surface area contributed by atoms with Crippen LogP contribution in [0, 0.1) is 47.3 Å². The number of cyclic esters (lactones) is 2. The highest BCUT2D eigenvalue weighted by Crippen LogP contribution is 2.45. The summed E-state index contributed by atoms with van der Waals surface area (Å²) in [5.41, 5.74) is -8.49. The average molecular weight is 1480 g/mol. The van der Waals surface area contributed by atoms with Gasteiger partial charge >= 0.3 is 11.9 Å². The number of carbonyl (C=O) groups is 4. The standard InChI is InChI=1S/C38H69NO13.C37H67NO13/c1-15-26-38(10,45)31(42)21(4)28(40)19(2)17-37(9,47-14)33(52-35-29(41)25(39(11)12)16-20(3)48-35)22(5)30(23(6)34(44)50-26)51-27-18-36(8,46-13)32(43)24(7)49-27;1-14-25-37(10,44)30(41)20(4)27(39)18(2)16-36(9,46-13)32(51-34-28(40)24(38-11)15-19(3)47-34)21(5)29(22(6)33(43)49-25)50-26-17-35(8,45-12)31(42)23(7)48-26/h19-27,29-33,35,41-43,45H,15-18H2,1-14H3;18-26,28-32,34,38,40-42,44H,14-17H2,1-13H3/t19-,20-,21+,22+,23-,24+,25+,26-,27+,29-,30+,31-,32+,33-,35+,36-,37-,38-;18-,19-,20+,21+,22-,23+,24+,25-,26+,28-,29+,30-,31+,32-,34+,35-,36-,37-/m11/s1. The van der Waals surface area contributed by atoms with Crippen molar-refractivity contribution in [1.29, 1.82) is 0 Å². The number of rotatable bonds is 16. The van der Waals surface area contributed by atoms with Crippen LogP contribution in [0.5, 0.6) is 0 Å². The van der Waals surface area contributed by atoms with Crippen molar-refractivity contribution >= 4 is 23.5 Å². The van der Waals surface area contributed by atoms with Gasteiger partial charge in [-0.25, -0.2) is 0 Å². The van der Waals surface area contributed by atoms with E-state index < -0.39 is 204 Å². The molecule has 6 aliphatic rings. The maximum atomic E-state index is 14.2. The van der Waals surface area contributed by atoms with Crippen LogP contribution < -0.4 is 5.32 Å². The molecular formula is C75H136N2O26.